The summed E-state index contributed by atoms with van der Waals surface area (Å²) in [5, 5.41) is 6.51. The Kier molecular flexibility index (Phi) is 2.82. The molecule has 78 valence electrons. The number of hydrogen-bond donors (Lipinski definition) is 2. The van der Waals surface area contributed by atoms with Crippen LogP contribution in [0.3, 0.4) is 0 Å². The summed E-state index contributed by atoms with van der Waals surface area (Å²) >= 11 is 5.02. The minimum absolute atomic E-state index is 0.573. The minimum atomic E-state index is 0.573. The molecule has 0 saturated carbocycles. The molecule has 0 amide bonds. The van der Waals surface area contributed by atoms with Crippen molar-refractivity contribution in [3.8, 4) is 0 Å². The summed E-state index contributed by atoms with van der Waals surface area (Å²) in [4.78, 5) is 0. The van der Waals surface area contributed by atoms with Crippen LogP contribution in [0, 0.1) is 11.7 Å². The van der Waals surface area contributed by atoms with E-state index in [0.29, 0.717) is 4.77 Å². The van der Waals surface area contributed by atoms with E-state index in [1.165, 1.54) is 11.1 Å². The van der Waals surface area contributed by atoms with Crippen molar-refractivity contribution in [2.45, 2.75) is 13.5 Å². The maximum absolute atomic E-state index is 5.02. The molecule has 0 aliphatic heterocycles. The third kappa shape index (κ3) is 2.24. The number of H-pyrrole nitrogens is 1. The van der Waals surface area contributed by atoms with Gasteiger partial charge in [0, 0.05) is 0 Å². The molecule has 1 aromatic carbocycles. The Morgan fingerprint density at radius 1 is 1.47 bits per heavy atom. The van der Waals surface area contributed by atoms with Crippen molar-refractivity contribution >= 4 is 12.2 Å². The zero-order chi connectivity index (χ0) is 10.7. The van der Waals surface area contributed by atoms with Gasteiger partial charge >= 0.3 is 0 Å². The van der Waals surface area contributed by atoms with Gasteiger partial charge in [-0.25, -0.2) is 4.68 Å². The van der Waals surface area contributed by atoms with Gasteiger partial charge in [-0.3, -0.25) is 5.10 Å². The highest BCUT2D eigenvalue weighted by Gasteiger charge is 1.97. The molecule has 0 saturated heterocycles. The Morgan fingerprint density at radius 2 is 2.27 bits per heavy atom. The van der Waals surface area contributed by atoms with Crippen molar-refractivity contribution in [2.75, 3.05) is 5.43 Å². The Hall–Kier alpha value is -1.62. The van der Waals surface area contributed by atoms with Crippen LogP contribution in [0.2, 0.25) is 0 Å². The molecule has 0 spiro atoms. The highest BCUT2D eigenvalue weighted by molar-refractivity contribution is 7.71. The van der Waals surface area contributed by atoms with Gasteiger partial charge in [-0.1, -0.05) is 24.3 Å². The Labute approximate surface area is 92.9 Å². The van der Waals surface area contributed by atoms with Gasteiger partial charge in [-0.2, -0.15) is 5.10 Å². The fourth-order valence-corrected chi connectivity index (χ4v) is 1.50. The maximum atomic E-state index is 5.02. The van der Waals surface area contributed by atoms with E-state index in [2.05, 4.69) is 34.7 Å². The largest absolute Gasteiger partial charge is 0.318 e. The second-order valence-electron chi connectivity index (χ2n) is 3.29. The van der Waals surface area contributed by atoms with Crippen molar-refractivity contribution in [2.24, 2.45) is 0 Å². The van der Waals surface area contributed by atoms with E-state index < -0.39 is 0 Å². The molecule has 0 bridgehead atoms. The number of nitrogens with zero attached hydrogens (tertiary/aromatic N) is 2. The SMILES string of the molecule is Cc1ccccc1CNn1cn[nH]c1=S. The number of hydrogen-bond acceptors (Lipinski definition) is 3. The maximum Gasteiger partial charge on any atom is 0.214 e. The van der Waals surface area contributed by atoms with Gasteiger partial charge in [-0.05, 0) is 30.3 Å². The van der Waals surface area contributed by atoms with Crippen LogP contribution in [0.15, 0.2) is 30.6 Å². The quantitative estimate of drug-likeness (QED) is 0.778. The monoisotopic (exact) mass is 220 g/mol. The second-order valence-corrected chi connectivity index (χ2v) is 3.68. The van der Waals surface area contributed by atoms with Crippen molar-refractivity contribution in [1.29, 1.82) is 0 Å². The number of aromatic nitrogens is 3. The number of aromatic amines is 1. The van der Waals surface area contributed by atoms with Crippen molar-refractivity contribution < 1.29 is 0 Å². The summed E-state index contributed by atoms with van der Waals surface area (Å²) in [6.45, 7) is 2.83. The first-order valence-electron chi connectivity index (χ1n) is 4.68. The predicted octanol–water partition coefficient (Wildman–Crippen LogP) is 1.99. The standard InChI is InChI=1S/C10H12N4S/c1-8-4-2-3-5-9(8)6-12-14-7-11-13-10(14)15/h2-5,7,12H,6H2,1H3,(H,13,15). The molecule has 15 heavy (non-hydrogen) atoms. The Balaban J connectivity index is 2.09. The second kappa shape index (κ2) is 4.27. The molecule has 2 rings (SSSR count). The van der Waals surface area contributed by atoms with Crippen LogP contribution in [0.1, 0.15) is 11.1 Å². The number of rotatable bonds is 3. The summed E-state index contributed by atoms with van der Waals surface area (Å²) in [6.07, 6.45) is 1.63. The number of nitrogens with one attached hydrogen (secondary N) is 2. The number of benzene rings is 1. The predicted molar refractivity (Wildman–Crippen MR) is 61.7 cm³/mol. The van der Waals surface area contributed by atoms with Crippen LogP contribution < -0.4 is 5.43 Å². The molecule has 1 aromatic heterocycles. The fraction of sp³-hybridized carbons (Fsp3) is 0.200. The summed E-state index contributed by atoms with van der Waals surface area (Å²) in [5.41, 5.74) is 5.68. The van der Waals surface area contributed by atoms with Crippen LogP contribution in [-0.4, -0.2) is 14.9 Å². The van der Waals surface area contributed by atoms with E-state index in [1.54, 1.807) is 11.0 Å². The third-order valence-corrected chi connectivity index (χ3v) is 2.54. The lowest BCUT2D eigenvalue weighted by molar-refractivity contribution is 0.821. The number of aryl methyl sites for hydroxylation is 1. The van der Waals surface area contributed by atoms with Gasteiger partial charge in [0.15, 0.2) is 0 Å². The average Bonchev–Trinajstić information content (AvgIpc) is 2.63. The highest BCUT2D eigenvalue weighted by atomic mass is 32.1. The molecule has 1 heterocycles. The fourth-order valence-electron chi connectivity index (χ4n) is 1.34. The first-order valence-corrected chi connectivity index (χ1v) is 5.08. The summed E-state index contributed by atoms with van der Waals surface area (Å²) in [7, 11) is 0. The molecule has 5 heteroatoms. The topological polar surface area (TPSA) is 45.6 Å². The lowest BCUT2D eigenvalue weighted by Crippen LogP contribution is -2.13. The van der Waals surface area contributed by atoms with Gasteiger partial charge < -0.3 is 5.43 Å². The molecule has 0 radical (unpaired) electrons. The van der Waals surface area contributed by atoms with Crippen LogP contribution in [0.25, 0.3) is 0 Å². The van der Waals surface area contributed by atoms with Crippen molar-refractivity contribution in [3.63, 3.8) is 0 Å². The zero-order valence-corrected chi connectivity index (χ0v) is 9.21. The minimum Gasteiger partial charge on any atom is -0.318 e. The molecule has 0 fully saturated rings. The lowest BCUT2D eigenvalue weighted by atomic mass is 10.1. The highest BCUT2D eigenvalue weighted by Crippen LogP contribution is 2.06. The van der Waals surface area contributed by atoms with E-state index in [4.69, 9.17) is 12.2 Å². The normalized spacial score (nSPS) is 10.2. The molecule has 0 atom stereocenters. The van der Waals surface area contributed by atoms with Gasteiger partial charge in [-0.15, -0.1) is 0 Å². The zero-order valence-electron chi connectivity index (χ0n) is 8.40. The molecular weight excluding hydrogens is 208 g/mol. The molecule has 2 N–H and O–H groups in total. The smallest absolute Gasteiger partial charge is 0.214 e. The first-order chi connectivity index (χ1) is 7.27. The van der Waals surface area contributed by atoms with Crippen LogP contribution in [0.4, 0.5) is 0 Å². The molecule has 0 aliphatic rings. The van der Waals surface area contributed by atoms with Crippen LogP contribution >= 0.6 is 12.2 Å². The van der Waals surface area contributed by atoms with Gasteiger partial charge in [0.1, 0.15) is 6.33 Å². The summed E-state index contributed by atoms with van der Waals surface area (Å²) in [5.74, 6) is 0. The van der Waals surface area contributed by atoms with E-state index >= 15 is 0 Å². The Morgan fingerprint density at radius 3 is 2.93 bits per heavy atom. The molecule has 2 aromatic rings. The average molecular weight is 220 g/mol. The van der Waals surface area contributed by atoms with E-state index in [-0.39, 0.29) is 0 Å². The summed E-state index contributed by atoms with van der Waals surface area (Å²) < 4.78 is 2.27. The van der Waals surface area contributed by atoms with Gasteiger partial charge in [0.25, 0.3) is 0 Å². The molecular formula is C10H12N4S. The first kappa shape index (κ1) is 9.92. The molecule has 0 aliphatic carbocycles. The van der Waals surface area contributed by atoms with Crippen LogP contribution in [-0.2, 0) is 6.54 Å². The molecule has 4 nitrogen and oxygen atoms in total. The third-order valence-electron chi connectivity index (χ3n) is 2.25. The van der Waals surface area contributed by atoms with E-state index in [1.807, 2.05) is 12.1 Å². The summed E-state index contributed by atoms with van der Waals surface area (Å²) in [6, 6.07) is 8.23. The Bertz CT molecular complexity index is 500. The lowest BCUT2D eigenvalue weighted by Gasteiger charge is -2.08. The molecule has 0 unspecified atom stereocenters. The van der Waals surface area contributed by atoms with Crippen molar-refractivity contribution in [3.05, 3.63) is 46.5 Å². The van der Waals surface area contributed by atoms with Crippen molar-refractivity contribution in [1.82, 2.24) is 14.9 Å². The van der Waals surface area contributed by atoms with Crippen LogP contribution in [0.5, 0.6) is 0 Å². The van der Waals surface area contributed by atoms with Gasteiger partial charge in [0.05, 0.1) is 6.54 Å². The van der Waals surface area contributed by atoms with Gasteiger partial charge in [0.2, 0.25) is 4.77 Å². The van der Waals surface area contributed by atoms with E-state index in [9.17, 15) is 0 Å². The van der Waals surface area contributed by atoms with E-state index in [0.717, 1.165) is 6.54 Å².